The average molecular weight is 223 g/mol. The topological polar surface area (TPSA) is 29.9 Å². The van der Waals surface area contributed by atoms with Gasteiger partial charge >= 0.3 is 0 Å². The predicted molar refractivity (Wildman–Crippen MR) is 68.5 cm³/mol. The lowest BCUT2D eigenvalue weighted by atomic mass is 10.1. The van der Waals surface area contributed by atoms with Gasteiger partial charge in [0.1, 0.15) is 0 Å². The highest BCUT2D eigenvalue weighted by Gasteiger charge is 2.08. The van der Waals surface area contributed by atoms with Crippen LogP contribution in [0.1, 0.15) is 32.2 Å². The van der Waals surface area contributed by atoms with E-state index in [0.717, 1.165) is 31.1 Å². The summed E-state index contributed by atoms with van der Waals surface area (Å²) >= 11 is 0. The van der Waals surface area contributed by atoms with Gasteiger partial charge in [-0.1, -0.05) is 20.8 Å². The van der Waals surface area contributed by atoms with Crippen molar-refractivity contribution in [3.8, 4) is 0 Å². The molecular formula is C13H25N3. The van der Waals surface area contributed by atoms with Crippen molar-refractivity contribution in [2.75, 3.05) is 13.1 Å². The maximum atomic E-state index is 4.37. The van der Waals surface area contributed by atoms with Gasteiger partial charge in [-0.3, -0.25) is 4.68 Å². The van der Waals surface area contributed by atoms with Gasteiger partial charge in [-0.05, 0) is 44.3 Å². The van der Waals surface area contributed by atoms with E-state index in [0.29, 0.717) is 5.92 Å². The molecule has 1 aromatic rings. The second-order valence-corrected chi connectivity index (χ2v) is 5.26. The van der Waals surface area contributed by atoms with Crippen LogP contribution in [0.4, 0.5) is 0 Å². The molecule has 0 aromatic carbocycles. The largest absolute Gasteiger partial charge is 0.316 e. The fourth-order valence-electron chi connectivity index (χ4n) is 1.90. The molecule has 0 radical (unpaired) electrons. The van der Waals surface area contributed by atoms with Crippen LogP contribution < -0.4 is 5.32 Å². The molecule has 0 fully saturated rings. The van der Waals surface area contributed by atoms with Crippen molar-refractivity contribution in [3.63, 3.8) is 0 Å². The van der Waals surface area contributed by atoms with Crippen LogP contribution in [0.15, 0.2) is 6.07 Å². The number of rotatable bonds is 6. The second-order valence-electron chi connectivity index (χ2n) is 5.26. The zero-order chi connectivity index (χ0) is 12.1. The van der Waals surface area contributed by atoms with Gasteiger partial charge in [-0.15, -0.1) is 0 Å². The molecule has 1 heterocycles. The Kier molecular flexibility index (Phi) is 5.00. The lowest BCUT2D eigenvalue weighted by Gasteiger charge is -2.13. The standard InChI is InChI=1S/C13H25N3/c1-10(2)8-14-9-11(3)6-13-7-12(4)15-16(13)5/h7,10-11,14H,6,8-9H2,1-5H3. The molecule has 1 N–H and O–H groups in total. The quantitative estimate of drug-likeness (QED) is 0.801. The molecule has 1 aromatic heterocycles. The van der Waals surface area contributed by atoms with E-state index < -0.39 is 0 Å². The normalized spacial score (nSPS) is 13.4. The van der Waals surface area contributed by atoms with Crippen LogP contribution in [0.5, 0.6) is 0 Å². The minimum absolute atomic E-state index is 0.661. The van der Waals surface area contributed by atoms with E-state index in [4.69, 9.17) is 0 Å². The molecule has 1 unspecified atom stereocenters. The molecule has 0 aliphatic heterocycles. The number of nitrogens with zero attached hydrogens (tertiary/aromatic N) is 2. The van der Waals surface area contributed by atoms with Crippen LogP contribution in [0, 0.1) is 18.8 Å². The minimum atomic E-state index is 0.661. The first-order valence-corrected chi connectivity index (χ1v) is 6.19. The summed E-state index contributed by atoms with van der Waals surface area (Å²) < 4.78 is 1.99. The summed E-state index contributed by atoms with van der Waals surface area (Å²) in [7, 11) is 2.02. The van der Waals surface area contributed by atoms with E-state index in [1.54, 1.807) is 0 Å². The lowest BCUT2D eigenvalue weighted by molar-refractivity contribution is 0.464. The molecule has 16 heavy (non-hydrogen) atoms. The van der Waals surface area contributed by atoms with Gasteiger partial charge in [0.15, 0.2) is 0 Å². The van der Waals surface area contributed by atoms with Crippen molar-refractivity contribution >= 4 is 0 Å². The minimum Gasteiger partial charge on any atom is -0.316 e. The van der Waals surface area contributed by atoms with Crippen LogP contribution in [0.3, 0.4) is 0 Å². The predicted octanol–water partition coefficient (Wildman–Crippen LogP) is 2.15. The Labute approximate surface area is 99.2 Å². The second kappa shape index (κ2) is 6.04. The van der Waals surface area contributed by atoms with Gasteiger partial charge in [0.25, 0.3) is 0 Å². The van der Waals surface area contributed by atoms with E-state index in [1.165, 1.54) is 5.69 Å². The first-order chi connectivity index (χ1) is 7.49. The molecule has 3 nitrogen and oxygen atoms in total. The Bertz CT molecular complexity index is 315. The summed E-state index contributed by atoms with van der Waals surface area (Å²) in [5, 5.41) is 7.87. The molecule has 0 saturated carbocycles. The summed E-state index contributed by atoms with van der Waals surface area (Å²) in [6.45, 7) is 11.0. The van der Waals surface area contributed by atoms with Gasteiger partial charge in [0, 0.05) is 12.7 Å². The third kappa shape index (κ3) is 4.35. The average Bonchev–Trinajstić information content (AvgIpc) is 2.44. The molecule has 92 valence electrons. The van der Waals surface area contributed by atoms with Crippen LogP contribution in [-0.4, -0.2) is 22.9 Å². The van der Waals surface area contributed by atoms with Crippen molar-refractivity contribution in [2.45, 2.75) is 34.1 Å². The molecule has 1 rings (SSSR count). The molecule has 3 heteroatoms. The van der Waals surface area contributed by atoms with E-state index in [2.05, 4.69) is 37.3 Å². The van der Waals surface area contributed by atoms with Gasteiger partial charge in [-0.2, -0.15) is 5.10 Å². The summed E-state index contributed by atoms with van der Waals surface area (Å²) in [5.74, 6) is 1.39. The van der Waals surface area contributed by atoms with E-state index in [1.807, 2.05) is 18.7 Å². The van der Waals surface area contributed by atoms with Crippen molar-refractivity contribution in [1.29, 1.82) is 0 Å². The van der Waals surface area contributed by atoms with Crippen LogP contribution >= 0.6 is 0 Å². The molecule has 0 spiro atoms. The summed E-state index contributed by atoms with van der Waals surface area (Å²) in [5.41, 5.74) is 2.44. The third-order valence-electron chi connectivity index (χ3n) is 2.70. The molecule has 0 bridgehead atoms. The highest BCUT2D eigenvalue weighted by Crippen LogP contribution is 2.08. The smallest absolute Gasteiger partial charge is 0.0596 e. The van der Waals surface area contributed by atoms with Crippen LogP contribution in [0.2, 0.25) is 0 Å². The Morgan fingerprint density at radius 2 is 2.00 bits per heavy atom. The van der Waals surface area contributed by atoms with Crippen molar-refractivity contribution in [1.82, 2.24) is 15.1 Å². The first kappa shape index (κ1) is 13.2. The van der Waals surface area contributed by atoms with E-state index in [-0.39, 0.29) is 0 Å². The Morgan fingerprint density at radius 1 is 1.31 bits per heavy atom. The fourth-order valence-corrected chi connectivity index (χ4v) is 1.90. The van der Waals surface area contributed by atoms with Gasteiger partial charge in [0.2, 0.25) is 0 Å². The van der Waals surface area contributed by atoms with Gasteiger partial charge in [-0.25, -0.2) is 0 Å². The highest BCUT2D eigenvalue weighted by atomic mass is 15.3. The van der Waals surface area contributed by atoms with Crippen molar-refractivity contribution in [3.05, 3.63) is 17.5 Å². The summed E-state index contributed by atoms with van der Waals surface area (Å²) in [6, 6.07) is 2.18. The van der Waals surface area contributed by atoms with Crippen molar-refractivity contribution in [2.24, 2.45) is 18.9 Å². The molecule has 0 saturated heterocycles. The lowest BCUT2D eigenvalue weighted by Crippen LogP contribution is -2.26. The molecule has 0 aliphatic carbocycles. The van der Waals surface area contributed by atoms with Crippen molar-refractivity contribution < 1.29 is 0 Å². The van der Waals surface area contributed by atoms with Gasteiger partial charge in [0.05, 0.1) is 5.69 Å². The first-order valence-electron chi connectivity index (χ1n) is 6.19. The van der Waals surface area contributed by atoms with Crippen LogP contribution in [0.25, 0.3) is 0 Å². The monoisotopic (exact) mass is 223 g/mol. The number of aryl methyl sites for hydroxylation is 2. The number of nitrogens with one attached hydrogen (secondary N) is 1. The third-order valence-corrected chi connectivity index (χ3v) is 2.70. The Balaban J connectivity index is 2.34. The summed E-state index contributed by atoms with van der Waals surface area (Å²) in [6.07, 6.45) is 1.10. The van der Waals surface area contributed by atoms with Gasteiger partial charge < -0.3 is 5.32 Å². The fraction of sp³-hybridized carbons (Fsp3) is 0.769. The number of hydrogen-bond donors (Lipinski definition) is 1. The Morgan fingerprint density at radius 3 is 2.50 bits per heavy atom. The van der Waals surface area contributed by atoms with E-state index in [9.17, 15) is 0 Å². The van der Waals surface area contributed by atoms with Crippen LogP contribution in [-0.2, 0) is 13.5 Å². The highest BCUT2D eigenvalue weighted by molar-refractivity contribution is 5.09. The zero-order valence-corrected chi connectivity index (χ0v) is 11.2. The Hall–Kier alpha value is -0.830. The molecule has 0 amide bonds. The zero-order valence-electron chi connectivity index (χ0n) is 11.2. The SMILES string of the molecule is Cc1cc(CC(C)CNCC(C)C)n(C)n1. The van der Waals surface area contributed by atoms with E-state index >= 15 is 0 Å². The molecule has 1 atom stereocenters. The maximum Gasteiger partial charge on any atom is 0.0596 e. The molecular weight excluding hydrogens is 198 g/mol. The number of hydrogen-bond acceptors (Lipinski definition) is 2. The summed E-state index contributed by atoms with van der Waals surface area (Å²) in [4.78, 5) is 0. The number of aromatic nitrogens is 2. The maximum absolute atomic E-state index is 4.37. The molecule has 0 aliphatic rings.